The summed E-state index contributed by atoms with van der Waals surface area (Å²) in [5.74, 6) is 0.0849. The molecule has 0 amide bonds. The van der Waals surface area contributed by atoms with Crippen LogP contribution in [0.15, 0.2) is 53.7 Å². The van der Waals surface area contributed by atoms with Gasteiger partial charge < -0.3 is 0 Å². The zero-order valence-corrected chi connectivity index (χ0v) is 14.1. The number of aryl methyl sites for hydroxylation is 1. The number of aromatic nitrogens is 3. The van der Waals surface area contributed by atoms with Crippen LogP contribution >= 0.6 is 11.8 Å². The Labute approximate surface area is 143 Å². The smallest absolute Gasteiger partial charge is 0.209 e. The van der Waals surface area contributed by atoms with Gasteiger partial charge in [0.25, 0.3) is 0 Å². The molecule has 24 heavy (non-hydrogen) atoms. The molecular formula is C18H16FN3OS. The van der Waals surface area contributed by atoms with Gasteiger partial charge in [0.15, 0.2) is 11.6 Å². The number of hydrogen-bond donors (Lipinski definition) is 1. The van der Waals surface area contributed by atoms with Crippen molar-refractivity contribution in [2.24, 2.45) is 0 Å². The van der Waals surface area contributed by atoms with Crippen LogP contribution < -0.4 is 0 Å². The van der Waals surface area contributed by atoms with Gasteiger partial charge in [0, 0.05) is 11.1 Å². The van der Waals surface area contributed by atoms with Gasteiger partial charge in [-0.2, -0.15) is 0 Å². The maximum atomic E-state index is 13.2. The molecule has 0 radical (unpaired) electrons. The topological polar surface area (TPSA) is 58.6 Å². The van der Waals surface area contributed by atoms with E-state index in [1.54, 1.807) is 13.0 Å². The summed E-state index contributed by atoms with van der Waals surface area (Å²) in [6, 6.07) is 13.6. The molecule has 0 spiro atoms. The summed E-state index contributed by atoms with van der Waals surface area (Å²) in [4.78, 5) is 16.8. The van der Waals surface area contributed by atoms with Crippen molar-refractivity contribution in [3.05, 3.63) is 65.5 Å². The first-order valence-electron chi connectivity index (χ1n) is 7.49. The Kier molecular flexibility index (Phi) is 4.76. The summed E-state index contributed by atoms with van der Waals surface area (Å²) in [7, 11) is 0. The molecular weight excluding hydrogens is 325 g/mol. The van der Waals surface area contributed by atoms with Crippen molar-refractivity contribution in [2.75, 3.05) is 0 Å². The molecule has 122 valence electrons. The Bertz CT molecular complexity index is 861. The number of ketones is 1. The molecule has 0 bridgehead atoms. The Balaban J connectivity index is 1.72. The van der Waals surface area contributed by atoms with E-state index in [-0.39, 0.29) is 5.78 Å². The summed E-state index contributed by atoms with van der Waals surface area (Å²) in [5.41, 5.74) is 2.45. The average Bonchev–Trinajstić information content (AvgIpc) is 3.03. The average molecular weight is 341 g/mol. The number of benzene rings is 2. The van der Waals surface area contributed by atoms with Gasteiger partial charge in [-0.05, 0) is 26.0 Å². The molecule has 0 saturated heterocycles. The van der Waals surface area contributed by atoms with Crippen LogP contribution in [0.4, 0.5) is 4.39 Å². The first-order chi connectivity index (χ1) is 11.5. The van der Waals surface area contributed by atoms with Crippen LogP contribution in [0.25, 0.3) is 11.4 Å². The fraction of sp³-hybridized carbons (Fsp3) is 0.167. The number of H-pyrrole nitrogens is 1. The number of rotatable bonds is 5. The van der Waals surface area contributed by atoms with Gasteiger partial charge in [-0.1, -0.05) is 53.7 Å². The van der Waals surface area contributed by atoms with Gasteiger partial charge in [-0.3, -0.25) is 9.89 Å². The lowest BCUT2D eigenvalue weighted by Crippen LogP contribution is -2.13. The van der Waals surface area contributed by atoms with Crippen LogP contribution in [0, 0.1) is 12.7 Å². The van der Waals surface area contributed by atoms with E-state index < -0.39 is 11.1 Å². The molecule has 0 aliphatic heterocycles. The number of nitrogens with one attached hydrogen (secondary N) is 1. The molecule has 0 aliphatic rings. The van der Waals surface area contributed by atoms with Crippen LogP contribution in [0.3, 0.4) is 0 Å². The second kappa shape index (κ2) is 6.97. The van der Waals surface area contributed by atoms with E-state index in [9.17, 15) is 9.18 Å². The van der Waals surface area contributed by atoms with Gasteiger partial charge >= 0.3 is 0 Å². The Morgan fingerprint density at radius 1 is 1.21 bits per heavy atom. The van der Waals surface area contributed by atoms with E-state index in [0.29, 0.717) is 16.5 Å². The van der Waals surface area contributed by atoms with E-state index in [2.05, 4.69) is 15.2 Å². The van der Waals surface area contributed by atoms with Crippen LogP contribution in [-0.2, 0) is 0 Å². The minimum absolute atomic E-state index is 0.152. The second-order valence-corrected chi connectivity index (χ2v) is 6.78. The van der Waals surface area contributed by atoms with Crippen LogP contribution in [0.2, 0.25) is 0 Å². The van der Waals surface area contributed by atoms with Gasteiger partial charge in [-0.25, -0.2) is 9.37 Å². The number of thioether (sulfide) groups is 1. The molecule has 4 nitrogen and oxygen atoms in total. The molecule has 1 atom stereocenters. The van der Waals surface area contributed by atoms with Crippen molar-refractivity contribution in [2.45, 2.75) is 24.3 Å². The third kappa shape index (κ3) is 3.71. The largest absolute Gasteiger partial charge is 0.293 e. The van der Waals surface area contributed by atoms with Crippen molar-refractivity contribution in [1.82, 2.24) is 15.2 Å². The van der Waals surface area contributed by atoms with Crippen molar-refractivity contribution < 1.29 is 9.18 Å². The number of hydrogen-bond acceptors (Lipinski definition) is 4. The van der Waals surface area contributed by atoms with Crippen LogP contribution in [0.5, 0.6) is 0 Å². The zero-order valence-electron chi connectivity index (χ0n) is 13.3. The molecule has 1 heterocycles. The highest BCUT2D eigenvalue weighted by Gasteiger charge is 2.19. The van der Waals surface area contributed by atoms with E-state index >= 15 is 0 Å². The molecule has 0 fully saturated rings. The maximum Gasteiger partial charge on any atom is 0.209 e. The first kappa shape index (κ1) is 16.4. The van der Waals surface area contributed by atoms with Crippen molar-refractivity contribution in [3.8, 4) is 11.4 Å². The SMILES string of the molecule is Cc1ccc(-c2nc(SC(C)C(=O)c3cccc(F)c3)n[nH]2)cc1. The number of carbonyl (C=O) groups excluding carboxylic acids is 1. The van der Waals surface area contributed by atoms with Gasteiger partial charge in [0.05, 0.1) is 5.25 Å². The van der Waals surface area contributed by atoms with E-state index in [1.165, 1.54) is 35.5 Å². The number of carbonyl (C=O) groups is 1. The first-order valence-corrected chi connectivity index (χ1v) is 8.37. The Hall–Kier alpha value is -2.47. The lowest BCUT2D eigenvalue weighted by Gasteiger charge is -2.07. The lowest BCUT2D eigenvalue weighted by atomic mass is 10.1. The predicted octanol–water partition coefficient (Wildman–Crippen LogP) is 4.28. The Morgan fingerprint density at radius 3 is 2.67 bits per heavy atom. The molecule has 6 heteroatoms. The maximum absolute atomic E-state index is 13.2. The molecule has 2 aromatic carbocycles. The van der Waals surface area contributed by atoms with Gasteiger partial charge in [0.1, 0.15) is 5.82 Å². The molecule has 3 rings (SSSR count). The fourth-order valence-corrected chi connectivity index (χ4v) is 3.03. The Morgan fingerprint density at radius 2 is 1.96 bits per heavy atom. The summed E-state index contributed by atoms with van der Waals surface area (Å²) >= 11 is 1.25. The summed E-state index contributed by atoms with van der Waals surface area (Å²) in [6.45, 7) is 3.78. The van der Waals surface area contributed by atoms with Crippen molar-refractivity contribution >= 4 is 17.5 Å². The fourth-order valence-electron chi connectivity index (χ4n) is 2.23. The van der Waals surface area contributed by atoms with E-state index in [4.69, 9.17) is 0 Å². The molecule has 0 aliphatic carbocycles. The standard InChI is InChI=1S/C18H16FN3OS/c1-11-6-8-13(9-7-11)17-20-18(22-21-17)24-12(2)16(23)14-4-3-5-15(19)10-14/h3-10,12H,1-2H3,(H,20,21,22). The molecule has 1 unspecified atom stereocenters. The summed E-state index contributed by atoms with van der Waals surface area (Å²) < 4.78 is 13.2. The van der Waals surface area contributed by atoms with E-state index in [0.717, 1.165) is 5.56 Å². The number of nitrogens with zero attached hydrogens (tertiary/aromatic N) is 2. The van der Waals surface area contributed by atoms with E-state index in [1.807, 2.05) is 31.2 Å². The zero-order chi connectivity index (χ0) is 17.1. The number of halogens is 1. The van der Waals surface area contributed by atoms with Crippen LogP contribution in [-0.4, -0.2) is 26.2 Å². The lowest BCUT2D eigenvalue weighted by molar-refractivity contribution is 0.0993. The molecule has 0 saturated carbocycles. The predicted molar refractivity (Wildman–Crippen MR) is 92.6 cm³/mol. The highest BCUT2D eigenvalue weighted by atomic mass is 32.2. The molecule has 1 aromatic heterocycles. The van der Waals surface area contributed by atoms with Crippen molar-refractivity contribution in [1.29, 1.82) is 0 Å². The highest BCUT2D eigenvalue weighted by Crippen LogP contribution is 2.25. The third-order valence-corrected chi connectivity index (χ3v) is 4.51. The van der Waals surface area contributed by atoms with Crippen LogP contribution in [0.1, 0.15) is 22.8 Å². The third-order valence-electron chi connectivity index (χ3n) is 3.55. The monoisotopic (exact) mass is 341 g/mol. The van der Waals surface area contributed by atoms with Gasteiger partial charge in [0.2, 0.25) is 5.16 Å². The minimum Gasteiger partial charge on any atom is -0.293 e. The van der Waals surface area contributed by atoms with Gasteiger partial charge in [-0.15, -0.1) is 5.10 Å². The normalized spacial score (nSPS) is 12.1. The number of aromatic amines is 1. The minimum atomic E-state index is -0.419. The molecule has 3 aromatic rings. The highest BCUT2D eigenvalue weighted by molar-refractivity contribution is 8.00. The number of Topliss-reactive ketones (excluding diaryl/α,β-unsaturated/α-hetero) is 1. The summed E-state index contributed by atoms with van der Waals surface area (Å²) in [6.07, 6.45) is 0. The van der Waals surface area contributed by atoms with Crippen molar-refractivity contribution in [3.63, 3.8) is 0 Å². The summed E-state index contributed by atoms with van der Waals surface area (Å²) in [5, 5.41) is 7.11. The quantitative estimate of drug-likeness (QED) is 0.556. The second-order valence-electron chi connectivity index (χ2n) is 5.47. The molecule has 1 N–H and O–H groups in total.